The van der Waals surface area contributed by atoms with E-state index in [1.807, 2.05) is 0 Å². The van der Waals surface area contributed by atoms with Crippen LogP contribution in [0.3, 0.4) is 0 Å². The SMILES string of the molecule is NNC1CCCCCC1. The van der Waals surface area contributed by atoms with Crippen molar-refractivity contribution in [3.63, 3.8) is 0 Å². The zero-order chi connectivity index (χ0) is 6.53. The van der Waals surface area contributed by atoms with E-state index in [1.54, 1.807) is 0 Å². The van der Waals surface area contributed by atoms with E-state index in [4.69, 9.17) is 5.84 Å². The Morgan fingerprint density at radius 2 is 1.56 bits per heavy atom. The van der Waals surface area contributed by atoms with E-state index < -0.39 is 0 Å². The molecule has 1 fully saturated rings. The van der Waals surface area contributed by atoms with E-state index in [0.717, 1.165) is 0 Å². The summed E-state index contributed by atoms with van der Waals surface area (Å²) in [5.74, 6) is 5.32. The molecule has 1 aliphatic carbocycles. The second kappa shape index (κ2) is 3.85. The van der Waals surface area contributed by atoms with Gasteiger partial charge >= 0.3 is 0 Å². The van der Waals surface area contributed by atoms with Crippen LogP contribution in [0.15, 0.2) is 0 Å². The van der Waals surface area contributed by atoms with Crippen LogP contribution in [0.5, 0.6) is 0 Å². The third-order valence-corrected chi connectivity index (χ3v) is 2.09. The van der Waals surface area contributed by atoms with Crippen molar-refractivity contribution in [1.82, 2.24) is 5.43 Å². The highest BCUT2D eigenvalue weighted by molar-refractivity contribution is 4.66. The van der Waals surface area contributed by atoms with E-state index in [2.05, 4.69) is 5.43 Å². The van der Waals surface area contributed by atoms with Gasteiger partial charge in [0.05, 0.1) is 0 Å². The normalized spacial score (nSPS) is 23.7. The largest absolute Gasteiger partial charge is 0.271 e. The first-order valence-corrected chi connectivity index (χ1v) is 3.89. The minimum Gasteiger partial charge on any atom is -0.271 e. The Hall–Kier alpha value is -0.0800. The van der Waals surface area contributed by atoms with E-state index in [-0.39, 0.29) is 0 Å². The number of hydrogen-bond donors (Lipinski definition) is 2. The molecule has 2 nitrogen and oxygen atoms in total. The lowest BCUT2D eigenvalue weighted by molar-refractivity contribution is 0.472. The molecule has 54 valence electrons. The van der Waals surface area contributed by atoms with Crippen molar-refractivity contribution >= 4 is 0 Å². The van der Waals surface area contributed by atoms with E-state index >= 15 is 0 Å². The summed E-state index contributed by atoms with van der Waals surface area (Å²) in [5.41, 5.74) is 2.84. The summed E-state index contributed by atoms with van der Waals surface area (Å²) in [7, 11) is 0. The van der Waals surface area contributed by atoms with Gasteiger partial charge in [-0.05, 0) is 12.8 Å². The molecule has 3 N–H and O–H groups in total. The molecule has 0 aromatic rings. The Bertz CT molecular complexity index is 65.3. The zero-order valence-corrected chi connectivity index (χ0v) is 5.90. The maximum atomic E-state index is 5.32. The van der Waals surface area contributed by atoms with Gasteiger partial charge < -0.3 is 0 Å². The molecule has 0 atom stereocenters. The van der Waals surface area contributed by atoms with Crippen LogP contribution < -0.4 is 11.3 Å². The van der Waals surface area contributed by atoms with Crippen molar-refractivity contribution in [2.24, 2.45) is 5.84 Å². The summed E-state index contributed by atoms with van der Waals surface area (Å²) in [6.45, 7) is 0. The molecule has 1 rings (SSSR count). The Balaban J connectivity index is 2.18. The van der Waals surface area contributed by atoms with E-state index in [0.29, 0.717) is 6.04 Å². The Morgan fingerprint density at radius 3 is 2.00 bits per heavy atom. The van der Waals surface area contributed by atoms with E-state index in [9.17, 15) is 0 Å². The fraction of sp³-hybridized carbons (Fsp3) is 1.00. The van der Waals surface area contributed by atoms with Gasteiger partial charge in [-0.1, -0.05) is 25.7 Å². The van der Waals surface area contributed by atoms with Crippen molar-refractivity contribution in [2.45, 2.75) is 44.6 Å². The summed E-state index contributed by atoms with van der Waals surface area (Å²) in [6, 6.07) is 0.604. The quantitative estimate of drug-likeness (QED) is 0.316. The fourth-order valence-electron chi connectivity index (χ4n) is 1.45. The first kappa shape index (κ1) is 7.03. The van der Waals surface area contributed by atoms with Gasteiger partial charge in [-0.3, -0.25) is 11.3 Å². The van der Waals surface area contributed by atoms with Gasteiger partial charge in [0.15, 0.2) is 0 Å². The Labute approximate surface area is 56.8 Å². The van der Waals surface area contributed by atoms with Crippen molar-refractivity contribution in [1.29, 1.82) is 0 Å². The summed E-state index contributed by atoms with van der Waals surface area (Å²) in [5, 5.41) is 0. The lowest BCUT2D eigenvalue weighted by atomic mass is 10.1. The molecule has 0 amide bonds. The zero-order valence-electron chi connectivity index (χ0n) is 5.90. The van der Waals surface area contributed by atoms with Crippen molar-refractivity contribution in [3.8, 4) is 0 Å². The van der Waals surface area contributed by atoms with Gasteiger partial charge in [0.2, 0.25) is 0 Å². The number of rotatable bonds is 1. The average Bonchev–Trinajstić information content (AvgIpc) is 2.13. The van der Waals surface area contributed by atoms with Crippen LogP contribution in [0.1, 0.15) is 38.5 Å². The van der Waals surface area contributed by atoms with Crippen LogP contribution in [-0.2, 0) is 0 Å². The molecule has 0 bridgehead atoms. The highest BCUT2D eigenvalue weighted by Gasteiger charge is 2.08. The third kappa shape index (κ3) is 2.33. The highest BCUT2D eigenvalue weighted by Crippen LogP contribution is 2.16. The highest BCUT2D eigenvalue weighted by atomic mass is 15.2. The van der Waals surface area contributed by atoms with Crippen molar-refractivity contribution in [3.05, 3.63) is 0 Å². The topological polar surface area (TPSA) is 38.0 Å². The third-order valence-electron chi connectivity index (χ3n) is 2.09. The summed E-state index contributed by atoms with van der Waals surface area (Å²) in [6.07, 6.45) is 8.06. The van der Waals surface area contributed by atoms with Gasteiger partial charge in [0.1, 0.15) is 0 Å². The standard InChI is InChI=1S/C7H16N2/c8-9-7-5-3-1-2-4-6-7/h7,9H,1-6,8H2. The molecular formula is C7H16N2. The molecule has 1 aliphatic rings. The van der Waals surface area contributed by atoms with Crippen molar-refractivity contribution < 1.29 is 0 Å². The van der Waals surface area contributed by atoms with E-state index in [1.165, 1.54) is 38.5 Å². The smallest absolute Gasteiger partial charge is 0.0210 e. The molecule has 0 unspecified atom stereocenters. The summed E-state index contributed by atoms with van der Waals surface area (Å²) in [4.78, 5) is 0. The van der Waals surface area contributed by atoms with Gasteiger partial charge in [0, 0.05) is 6.04 Å². The number of hydrogen-bond acceptors (Lipinski definition) is 2. The number of nitrogens with two attached hydrogens (primary N) is 1. The van der Waals surface area contributed by atoms with Gasteiger partial charge in [-0.2, -0.15) is 0 Å². The Kier molecular flexibility index (Phi) is 3.01. The second-order valence-electron chi connectivity index (χ2n) is 2.86. The molecule has 1 saturated carbocycles. The van der Waals surface area contributed by atoms with Crippen LogP contribution in [0.4, 0.5) is 0 Å². The predicted octanol–water partition coefficient (Wildman–Crippen LogP) is 1.17. The molecule has 9 heavy (non-hydrogen) atoms. The van der Waals surface area contributed by atoms with Crippen LogP contribution in [0, 0.1) is 0 Å². The predicted molar refractivity (Wildman–Crippen MR) is 38.8 cm³/mol. The first-order valence-electron chi connectivity index (χ1n) is 3.89. The average molecular weight is 128 g/mol. The van der Waals surface area contributed by atoms with Crippen molar-refractivity contribution in [2.75, 3.05) is 0 Å². The lowest BCUT2D eigenvalue weighted by Gasteiger charge is -2.10. The molecule has 0 saturated heterocycles. The molecule has 0 spiro atoms. The maximum absolute atomic E-state index is 5.32. The second-order valence-corrected chi connectivity index (χ2v) is 2.86. The first-order chi connectivity index (χ1) is 4.43. The molecule has 0 radical (unpaired) electrons. The molecular weight excluding hydrogens is 112 g/mol. The van der Waals surface area contributed by atoms with Gasteiger partial charge in [0.25, 0.3) is 0 Å². The minimum atomic E-state index is 0.604. The fourth-order valence-corrected chi connectivity index (χ4v) is 1.45. The molecule has 0 aromatic carbocycles. The van der Waals surface area contributed by atoms with Gasteiger partial charge in [-0.15, -0.1) is 0 Å². The maximum Gasteiger partial charge on any atom is 0.0210 e. The van der Waals surface area contributed by atoms with Crippen LogP contribution in [0.25, 0.3) is 0 Å². The number of nitrogens with one attached hydrogen (secondary N) is 1. The van der Waals surface area contributed by atoms with Crippen LogP contribution in [0.2, 0.25) is 0 Å². The molecule has 0 aliphatic heterocycles. The monoisotopic (exact) mass is 128 g/mol. The number of hydrazine groups is 1. The van der Waals surface area contributed by atoms with Crippen LogP contribution in [-0.4, -0.2) is 6.04 Å². The summed E-state index contributed by atoms with van der Waals surface area (Å²) >= 11 is 0. The Morgan fingerprint density at radius 1 is 1.00 bits per heavy atom. The summed E-state index contributed by atoms with van der Waals surface area (Å²) < 4.78 is 0. The molecule has 0 aromatic heterocycles. The van der Waals surface area contributed by atoms with Gasteiger partial charge in [-0.25, -0.2) is 0 Å². The minimum absolute atomic E-state index is 0.604. The van der Waals surface area contributed by atoms with Crippen LogP contribution >= 0.6 is 0 Å². The molecule has 2 heteroatoms. The molecule has 0 heterocycles. The lowest BCUT2D eigenvalue weighted by Crippen LogP contribution is -2.34.